The van der Waals surface area contributed by atoms with Crippen molar-refractivity contribution in [2.24, 2.45) is 0 Å². The van der Waals surface area contributed by atoms with Crippen molar-refractivity contribution in [1.82, 2.24) is 0 Å². The molecule has 0 radical (unpaired) electrons. The third-order valence-corrected chi connectivity index (χ3v) is 2.66. The number of nitrogens with zero attached hydrogens (tertiary/aromatic N) is 1. The molecule has 0 atom stereocenters. The van der Waals surface area contributed by atoms with Gasteiger partial charge in [0, 0.05) is 6.92 Å². The van der Waals surface area contributed by atoms with Crippen LogP contribution in [0.15, 0.2) is 60.4 Å². The van der Waals surface area contributed by atoms with E-state index in [9.17, 15) is 4.79 Å². The molecule has 0 amide bonds. The summed E-state index contributed by atoms with van der Waals surface area (Å²) in [6.45, 7) is 1.46. The highest BCUT2D eigenvalue weighted by atomic mass is 16.5. The molecule has 0 saturated heterocycles. The molecule has 0 N–H and O–H groups in total. The lowest BCUT2D eigenvalue weighted by Gasteiger charge is -2.07. The molecule has 98 valence electrons. The number of carbonyl (C=O) groups excluding carboxylic acids is 1. The Balaban J connectivity index is 2.24. The van der Waals surface area contributed by atoms with Gasteiger partial charge in [0.1, 0.15) is 5.75 Å². The number of Topliss-reactive ketones (excluding diaryl/α,β-unsaturated/α-hetero) is 1. The van der Waals surface area contributed by atoms with Crippen LogP contribution < -0.4 is 4.74 Å². The van der Waals surface area contributed by atoms with Crippen molar-refractivity contribution in [3.05, 3.63) is 71.5 Å². The number of ether oxygens (including phenoxy) is 1. The Kier molecular flexibility index (Phi) is 4.31. The topological polar surface area (TPSA) is 50.1 Å². The van der Waals surface area contributed by atoms with E-state index < -0.39 is 0 Å². The molecule has 2 aromatic rings. The third-order valence-electron chi connectivity index (χ3n) is 2.66. The number of hydrogen-bond acceptors (Lipinski definition) is 3. The summed E-state index contributed by atoms with van der Waals surface area (Å²) in [4.78, 5) is 11.6. The minimum Gasteiger partial charge on any atom is -0.454 e. The molecule has 2 aromatic carbocycles. The van der Waals surface area contributed by atoms with Crippen molar-refractivity contribution in [1.29, 1.82) is 5.26 Å². The summed E-state index contributed by atoms with van der Waals surface area (Å²) in [5.41, 5.74) is 1.44. The van der Waals surface area contributed by atoms with E-state index in [-0.39, 0.29) is 11.5 Å². The van der Waals surface area contributed by atoms with Crippen LogP contribution in [0.3, 0.4) is 0 Å². The van der Waals surface area contributed by atoms with E-state index in [1.54, 1.807) is 30.3 Å². The van der Waals surface area contributed by atoms with Crippen molar-refractivity contribution in [3.63, 3.8) is 0 Å². The summed E-state index contributed by atoms with van der Waals surface area (Å²) in [6.07, 6.45) is 1.69. The number of nitriles is 1. The van der Waals surface area contributed by atoms with Crippen molar-refractivity contribution in [2.75, 3.05) is 0 Å². The summed E-state index contributed by atoms with van der Waals surface area (Å²) in [5, 5.41) is 8.74. The van der Waals surface area contributed by atoms with Crippen molar-refractivity contribution in [3.8, 4) is 11.8 Å². The normalized spacial score (nSPS) is 10.7. The molecule has 0 unspecified atom stereocenters. The maximum atomic E-state index is 11.6. The molecule has 3 heteroatoms. The number of ketones is 1. The Morgan fingerprint density at radius 1 is 1.10 bits per heavy atom. The van der Waals surface area contributed by atoms with Gasteiger partial charge in [-0.1, -0.05) is 30.3 Å². The van der Waals surface area contributed by atoms with E-state index in [2.05, 4.69) is 0 Å². The first kappa shape index (κ1) is 13.6. The molecule has 2 rings (SSSR count). The molecule has 0 aromatic heterocycles. The van der Waals surface area contributed by atoms with Crippen LogP contribution in [0.2, 0.25) is 0 Å². The van der Waals surface area contributed by atoms with E-state index in [0.29, 0.717) is 11.3 Å². The highest BCUT2D eigenvalue weighted by molar-refractivity contribution is 5.96. The van der Waals surface area contributed by atoms with Gasteiger partial charge in [0.05, 0.1) is 11.6 Å². The number of hydrogen-bond donors (Lipinski definition) is 0. The van der Waals surface area contributed by atoms with Crippen molar-refractivity contribution in [2.45, 2.75) is 6.92 Å². The van der Waals surface area contributed by atoms with Gasteiger partial charge in [-0.3, -0.25) is 4.79 Å². The number of allylic oxidation sites excluding steroid dienone is 1. The molecule has 0 aliphatic heterocycles. The van der Waals surface area contributed by atoms with Gasteiger partial charge < -0.3 is 4.74 Å². The van der Waals surface area contributed by atoms with E-state index in [1.165, 1.54) is 6.92 Å². The number of carbonyl (C=O) groups is 1. The second-order valence-corrected chi connectivity index (χ2v) is 4.21. The van der Waals surface area contributed by atoms with E-state index in [0.717, 1.165) is 5.56 Å². The lowest BCUT2D eigenvalue weighted by atomic mass is 10.2. The maximum Gasteiger partial charge on any atom is 0.194 e. The standard InChI is InChI=1S/C17H13NO2/c1-13(19)17(11-14-5-3-2-4-6-14)20-16-9-7-15(12-18)8-10-16/h2-11H,1H3/b17-11-. The van der Waals surface area contributed by atoms with Gasteiger partial charge in [-0.25, -0.2) is 0 Å². The number of benzene rings is 2. The smallest absolute Gasteiger partial charge is 0.194 e. The molecule has 3 nitrogen and oxygen atoms in total. The SMILES string of the molecule is CC(=O)/C(=C/c1ccccc1)Oc1ccc(C#N)cc1. The first-order valence-corrected chi connectivity index (χ1v) is 6.15. The van der Waals surface area contributed by atoms with Crippen LogP contribution in [-0.4, -0.2) is 5.78 Å². The lowest BCUT2D eigenvalue weighted by Crippen LogP contribution is -2.04. The quantitative estimate of drug-likeness (QED) is 0.626. The fourth-order valence-corrected chi connectivity index (χ4v) is 1.63. The summed E-state index contributed by atoms with van der Waals surface area (Å²) in [6, 6.07) is 18.1. The van der Waals surface area contributed by atoms with Gasteiger partial charge in [0.2, 0.25) is 0 Å². The Morgan fingerprint density at radius 2 is 1.75 bits per heavy atom. The minimum absolute atomic E-state index is 0.154. The van der Waals surface area contributed by atoms with Gasteiger partial charge in [0.15, 0.2) is 11.5 Å². The Bertz CT molecular complexity index is 664. The lowest BCUT2D eigenvalue weighted by molar-refractivity contribution is -0.115. The van der Waals surface area contributed by atoms with Crippen LogP contribution in [0, 0.1) is 11.3 Å². The Morgan fingerprint density at radius 3 is 2.30 bits per heavy atom. The summed E-state index contributed by atoms with van der Waals surface area (Å²) < 4.78 is 5.58. The minimum atomic E-state index is -0.154. The molecule has 0 spiro atoms. The van der Waals surface area contributed by atoms with Crippen LogP contribution in [0.1, 0.15) is 18.1 Å². The number of rotatable bonds is 4. The summed E-state index contributed by atoms with van der Waals surface area (Å²) in [5.74, 6) is 0.639. The van der Waals surface area contributed by atoms with Gasteiger partial charge in [0.25, 0.3) is 0 Å². The van der Waals surface area contributed by atoms with Crippen molar-refractivity contribution < 1.29 is 9.53 Å². The van der Waals surface area contributed by atoms with Gasteiger partial charge >= 0.3 is 0 Å². The van der Waals surface area contributed by atoms with Crippen LogP contribution in [-0.2, 0) is 4.79 Å². The Labute approximate surface area is 117 Å². The highest BCUT2D eigenvalue weighted by Gasteiger charge is 2.07. The molecular formula is C17H13NO2. The fourth-order valence-electron chi connectivity index (χ4n) is 1.63. The molecule has 0 fully saturated rings. The van der Waals surface area contributed by atoms with E-state index in [4.69, 9.17) is 10.00 Å². The van der Waals surface area contributed by atoms with Gasteiger partial charge in [-0.05, 0) is 35.9 Å². The predicted molar refractivity (Wildman–Crippen MR) is 76.9 cm³/mol. The van der Waals surface area contributed by atoms with Crippen LogP contribution >= 0.6 is 0 Å². The first-order valence-electron chi connectivity index (χ1n) is 6.15. The third kappa shape index (κ3) is 3.56. The zero-order chi connectivity index (χ0) is 14.4. The predicted octanol–water partition coefficient (Wildman–Crippen LogP) is 3.57. The first-order chi connectivity index (χ1) is 9.69. The molecule has 0 aliphatic carbocycles. The van der Waals surface area contributed by atoms with Crippen LogP contribution in [0.5, 0.6) is 5.75 Å². The van der Waals surface area contributed by atoms with E-state index >= 15 is 0 Å². The maximum absolute atomic E-state index is 11.6. The zero-order valence-corrected chi connectivity index (χ0v) is 11.0. The zero-order valence-electron chi connectivity index (χ0n) is 11.0. The van der Waals surface area contributed by atoms with Gasteiger partial charge in [-0.15, -0.1) is 0 Å². The second kappa shape index (κ2) is 6.35. The largest absolute Gasteiger partial charge is 0.454 e. The monoisotopic (exact) mass is 263 g/mol. The Hall–Kier alpha value is -2.86. The van der Waals surface area contributed by atoms with Gasteiger partial charge in [-0.2, -0.15) is 5.26 Å². The molecule has 0 saturated carbocycles. The van der Waals surface area contributed by atoms with Crippen molar-refractivity contribution >= 4 is 11.9 Å². The molecule has 0 heterocycles. The molecular weight excluding hydrogens is 250 g/mol. The van der Waals surface area contributed by atoms with Crippen LogP contribution in [0.4, 0.5) is 0 Å². The van der Waals surface area contributed by atoms with Crippen LogP contribution in [0.25, 0.3) is 6.08 Å². The molecule has 20 heavy (non-hydrogen) atoms. The summed E-state index contributed by atoms with van der Waals surface area (Å²) >= 11 is 0. The average Bonchev–Trinajstić information content (AvgIpc) is 2.48. The molecule has 0 bridgehead atoms. The average molecular weight is 263 g/mol. The fraction of sp³-hybridized carbons (Fsp3) is 0.0588. The molecule has 0 aliphatic rings. The summed E-state index contributed by atoms with van der Waals surface area (Å²) in [7, 11) is 0. The second-order valence-electron chi connectivity index (χ2n) is 4.21. The highest BCUT2D eigenvalue weighted by Crippen LogP contribution is 2.17. The van der Waals surface area contributed by atoms with E-state index in [1.807, 2.05) is 36.4 Å².